The van der Waals surface area contributed by atoms with Crippen LogP contribution in [0, 0.1) is 23.5 Å². The summed E-state index contributed by atoms with van der Waals surface area (Å²) >= 11 is 9.67. The molecule has 2 N–H and O–H groups in total. The molecule has 1 aliphatic heterocycles. The fraction of sp³-hybridized carbons (Fsp3) is 0.357. The molecule has 2 aromatic carbocycles. The normalized spacial score (nSPS) is 17.2. The van der Waals surface area contributed by atoms with E-state index in [1.807, 2.05) is 12.1 Å². The number of pyridine rings is 1. The van der Waals surface area contributed by atoms with Gasteiger partial charge in [0.2, 0.25) is 5.88 Å². The van der Waals surface area contributed by atoms with Gasteiger partial charge in [-0.2, -0.15) is 0 Å². The molecular weight excluding hydrogens is 580 g/mol. The Morgan fingerprint density at radius 1 is 1.11 bits per heavy atom. The first-order chi connectivity index (χ1) is 18.3. The van der Waals surface area contributed by atoms with Gasteiger partial charge in [-0.05, 0) is 58.5 Å². The van der Waals surface area contributed by atoms with Gasteiger partial charge in [-0.15, -0.1) is 0 Å². The molecule has 0 saturated heterocycles. The summed E-state index contributed by atoms with van der Waals surface area (Å²) in [5, 5.41) is 7.58. The van der Waals surface area contributed by atoms with Crippen LogP contribution in [0.2, 0.25) is 5.02 Å². The van der Waals surface area contributed by atoms with Crippen molar-refractivity contribution in [2.75, 3.05) is 24.4 Å². The zero-order valence-electron chi connectivity index (χ0n) is 20.7. The van der Waals surface area contributed by atoms with E-state index in [4.69, 9.17) is 21.1 Å². The van der Waals surface area contributed by atoms with Crippen molar-refractivity contribution < 1.29 is 23.0 Å². The fourth-order valence-corrected chi connectivity index (χ4v) is 6.14. The smallest absolute Gasteiger partial charge is 0.339 e. The number of esters is 1. The Morgan fingerprint density at radius 2 is 1.74 bits per heavy atom. The second kappa shape index (κ2) is 11.1. The molecule has 38 heavy (non-hydrogen) atoms. The lowest BCUT2D eigenvalue weighted by atomic mass is 9.72. The zero-order valence-corrected chi connectivity index (χ0v) is 23.0. The van der Waals surface area contributed by atoms with Gasteiger partial charge < -0.3 is 20.1 Å². The van der Waals surface area contributed by atoms with Crippen LogP contribution < -0.4 is 15.4 Å². The quantitative estimate of drug-likeness (QED) is 0.271. The third-order valence-corrected chi connectivity index (χ3v) is 8.25. The molecule has 0 spiro atoms. The van der Waals surface area contributed by atoms with Gasteiger partial charge in [0.05, 0.1) is 35.1 Å². The lowest BCUT2D eigenvalue weighted by Gasteiger charge is -2.44. The molecule has 200 valence electrons. The zero-order chi connectivity index (χ0) is 26.9. The Hall–Kier alpha value is -2.91. The van der Waals surface area contributed by atoms with E-state index >= 15 is 0 Å². The third kappa shape index (κ3) is 5.18. The SMILES string of the molecule is COC(=O)c1cnc(OCC(C2CCCCC2)C2(c3ccc(Cl)cc3)Nc3cc(F)c(F)cc3N2)c(Br)c1. The molecule has 2 aliphatic rings. The number of fused-ring (bicyclic) bond motifs is 1. The Kier molecular flexibility index (Phi) is 7.77. The first-order valence-electron chi connectivity index (χ1n) is 12.5. The number of hydrogen-bond acceptors (Lipinski definition) is 6. The lowest BCUT2D eigenvalue weighted by Crippen LogP contribution is -2.51. The summed E-state index contributed by atoms with van der Waals surface area (Å²) in [5.74, 6) is -1.93. The molecule has 5 rings (SSSR count). The van der Waals surface area contributed by atoms with Crippen molar-refractivity contribution in [3.63, 3.8) is 0 Å². The highest BCUT2D eigenvalue weighted by Crippen LogP contribution is 2.49. The number of ether oxygens (including phenoxy) is 2. The second-order valence-corrected chi connectivity index (χ2v) is 11.0. The van der Waals surface area contributed by atoms with Crippen molar-refractivity contribution in [3.8, 4) is 5.88 Å². The average Bonchev–Trinajstić information content (AvgIpc) is 3.29. The van der Waals surface area contributed by atoms with Crippen LogP contribution in [0.5, 0.6) is 5.88 Å². The summed E-state index contributed by atoms with van der Waals surface area (Å²) in [6, 6.07) is 11.4. The van der Waals surface area contributed by atoms with E-state index in [9.17, 15) is 13.6 Å². The van der Waals surface area contributed by atoms with Crippen LogP contribution in [0.15, 0.2) is 53.1 Å². The first-order valence-corrected chi connectivity index (χ1v) is 13.7. The van der Waals surface area contributed by atoms with Crippen LogP contribution >= 0.6 is 27.5 Å². The van der Waals surface area contributed by atoms with E-state index in [0.717, 1.165) is 37.7 Å². The number of rotatable bonds is 7. The Morgan fingerprint density at radius 3 is 2.32 bits per heavy atom. The van der Waals surface area contributed by atoms with Crippen LogP contribution in [0.25, 0.3) is 0 Å². The van der Waals surface area contributed by atoms with Gasteiger partial charge in [-0.1, -0.05) is 43.0 Å². The number of carbonyl (C=O) groups is 1. The number of methoxy groups -OCH3 is 1. The van der Waals surface area contributed by atoms with Crippen molar-refractivity contribution in [3.05, 3.63) is 80.9 Å². The molecule has 1 atom stereocenters. The topological polar surface area (TPSA) is 72.5 Å². The Bertz CT molecular complexity index is 1300. The second-order valence-electron chi connectivity index (χ2n) is 9.69. The molecule has 0 bridgehead atoms. The molecule has 1 unspecified atom stereocenters. The van der Waals surface area contributed by atoms with E-state index < -0.39 is 23.3 Å². The van der Waals surface area contributed by atoms with Gasteiger partial charge in [-0.25, -0.2) is 18.6 Å². The van der Waals surface area contributed by atoms with Gasteiger partial charge in [0.1, 0.15) is 5.66 Å². The summed E-state index contributed by atoms with van der Waals surface area (Å²) in [4.78, 5) is 16.2. The Balaban J connectivity index is 1.54. The highest BCUT2D eigenvalue weighted by molar-refractivity contribution is 9.10. The van der Waals surface area contributed by atoms with Gasteiger partial charge in [0.25, 0.3) is 0 Å². The predicted molar refractivity (Wildman–Crippen MR) is 146 cm³/mol. The fourth-order valence-electron chi connectivity index (χ4n) is 5.55. The van der Waals surface area contributed by atoms with Gasteiger partial charge in [0.15, 0.2) is 11.6 Å². The van der Waals surface area contributed by atoms with Crippen molar-refractivity contribution >= 4 is 44.9 Å². The minimum atomic E-state index is -0.923. The summed E-state index contributed by atoms with van der Waals surface area (Å²) in [5.41, 5.74) is 1.19. The Labute approximate surface area is 233 Å². The van der Waals surface area contributed by atoms with Crippen LogP contribution in [0.3, 0.4) is 0 Å². The van der Waals surface area contributed by atoms with Crippen LogP contribution in [0.1, 0.15) is 48.0 Å². The average molecular weight is 607 g/mol. The van der Waals surface area contributed by atoms with Gasteiger partial charge in [0, 0.05) is 29.3 Å². The number of hydrogen-bond donors (Lipinski definition) is 2. The first kappa shape index (κ1) is 26.7. The number of benzene rings is 2. The van der Waals surface area contributed by atoms with Crippen molar-refractivity contribution in [2.45, 2.75) is 37.8 Å². The van der Waals surface area contributed by atoms with Crippen molar-refractivity contribution in [2.24, 2.45) is 11.8 Å². The van der Waals surface area contributed by atoms with Gasteiger partial charge >= 0.3 is 5.97 Å². The van der Waals surface area contributed by atoms with Gasteiger partial charge in [-0.3, -0.25) is 0 Å². The summed E-state index contributed by atoms with van der Waals surface area (Å²) in [6.07, 6.45) is 6.72. The molecule has 1 aliphatic carbocycles. The van der Waals surface area contributed by atoms with E-state index in [-0.39, 0.29) is 18.4 Å². The molecule has 6 nitrogen and oxygen atoms in total. The molecule has 1 saturated carbocycles. The summed E-state index contributed by atoms with van der Waals surface area (Å²) in [7, 11) is 1.31. The molecule has 10 heteroatoms. The lowest BCUT2D eigenvalue weighted by molar-refractivity contribution is 0.0600. The minimum Gasteiger partial charge on any atom is -0.476 e. The maximum Gasteiger partial charge on any atom is 0.339 e. The monoisotopic (exact) mass is 605 g/mol. The molecule has 1 aromatic heterocycles. The summed E-state index contributed by atoms with van der Waals surface area (Å²) < 4.78 is 40.0. The molecule has 0 amide bonds. The number of halogens is 4. The number of aromatic nitrogens is 1. The minimum absolute atomic E-state index is 0.170. The maximum atomic E-state index is 14.2. The molecule has 2 heterocycles. The molecular formula is C28H27BrClF2N3O3. The standard InChI is InChI=1S/C28H27BrClF2N3O3/c1-37-27(36)17-11-21(29)26(33-14-17)38-15-20(16-5-3-2-4-6-16)28(18-7-9-19(30)10-8-18)34-24-12-22(31)23(32)13-25(24)35-28/h7-14,16,20,34-35H,2-6,15H2,1H3. The number of carbonyl (C=O) groups excluding carboxylic acids is 1. The van der Waals surface area contributed by atoms with Crippen molar-refractivity contribution in [1.29, 1.82) is 0 Å². The van der Waals surface area contributed by atoms with Crippen molar-refractivity contribution in [1.82, 2.24) is 4.98 Å². The van der Waals surface area contributed by atoms with Crippen LogP contribution in [-0.4, -0.2) is 24.7 Å². The van der Waals surface area contributed by atoms with Crippen LogP contribution in [0.4, 0.5) is 20.2 Å². The number of anilines is 2. The largest absolute Gasteiger partial charge is 0.476 e. The van der Waals surface area contributed by atoms with E-state index in [1.54, 1.807) is 18.2 Å². The number of nitrogens with zero attached hydrogens (tertiary/aromatic N) is 1. The third-order valence-electron chi connectivity index (χ3n) is 7.43. The van der Waals surface area contributed by atoms with E-state index in [2.05, 4.69) is 31.5 Å². The van der Waals surface area contributed by atoms with Crippen LogP contribution in [-0.2, 0) is 10.4 Å². The van der Waals surface area contributed by atoms with E-state index in [1.165, 1.54) is 25.4 Å². The summed E-state index contributed by atoms with van der Waals surface area (Å²) in [6.45, 7) is 0.245. The highest BCUT2D eigenvalue weighted by atomic mass is 79.9. The molecule has 0 radical (unpaired) electrons. The van der Waals surface area contributed by atoms with E-state index in [0.29, 0.717) is 32.3 Å². The maximum absolute atomic E-state index is 14.2. The number of nitrogens with one attached hydrogen (secondary N) is 2. The highest BCUT2D eigenvalue weighted by Gasteiger charge is 2.49. The predicted octanol–water partition coefficient (Wildman–Crippen LogP) is 7.53. The molecule has 3 aromatic rings. The molecule has 1 fully saturated rings.